The number of halogens is 3. The second-order valence-electron chi connectivity index (χ2n) is 7.05. The Hall–Kier alpha value is -2.80. The molecule has 0 spiro atoms. The average molecular weight is 548 g/mol. The maximum Gasteiger partial charge on any atom is 0.375 e. The first-order valence-corrected chi connectivity index (χ1v) is 11.5. The van der Waals surface area contributed by atoms with Crippen molar-refractivity contribution in [3.8, 4) is 16.9 Å². The van der Waals surface area contributed by atoms with Crippen LogP contribution in [0.3, 0.4) is 0 Å². The molecule has 0 unspecified atom stereocenters. The van der Waals surface area contributed by atoms with Crippen molar-refractivity contribution in [1.29, 1.82) is 0 Å². The number of carbonyl (C=O) groups is 1. The quantitative estimate of drug-likeness (QED) is 0.237. The van der Waals surface area contributed by atoms with Gasteiger partial charge in [-0.05, 0) is 48.9 Å². The molecule has 0 aliphatic rings. The first kappa shape index (κ1) is 23.4. The SMILES string of the molecule is CCOC(=O)c1oc2cc(OCc3ccc(Cl)cc3Cl)ccc2c(=O)c1-c1ccc(Br)cc1. The van der Waals surface area contributed by atoms with E-state index in [1.807, 2.05) is 0 Å². The van der Waals surface area contributed by atoms with Crippen LogP contribution < -0.4 is 10.2 Å². The van der Waals surface area contributed by atoms with E-state index in [2.05, 4.69) is 15.9 Å². The molecule has 0 aliphatic heterocycles. The number of hydrogen-bond donors (Lipinski definition) is 0. The minimum Gasteiger partial charge on any atom is -0.489 e. The molecular weight excluding hydrogens is 531 g/mol. The molecule has 3 aromatic carbocycles. The van der Waals surface area contributed by atoms with Gasteiger partial charge in [0.2, 0.25) is 11.2 Å². The highest BCUT2D eigenvalue weighted by atomic mass is 79.9. The van der Waals surface area contributed by atoms with Crippen LogP contribution >= 0.6 is 39.1 Å². The predicted molar refractivity (Wildman–Crippen MR) is 132 cm³/mol. The minimum atomic E-state index is -0.714. The van der Waals surface area contributed by atoms with Gasteiger partial charge in [-0.3, -0.25) is 4.79 Å². The summed E-state index contributed by atoms with van der Waals surface area (Å²) in [6.45, 7) is 2.02. The van der Waals surface area contributed by atoms with Crippen molar-refractivity contribution in [2.24, 2.45) is 0 Å². The van der Waals surface area contributed by atoms with Gasteiger partial charge in [0.1, 0.15) is 17.9 Å². The molecule has 168 valence electrons. The van der Waals surface area contributed by atoms with Gasteiger partial charge in [-0.1, -0.05) is 57.3 Å². The molecule has 0 amide bonds. The third-order valence-electron chi connectivity index (χ3n) is 4.87. The fourth-order valence-corrected chi connectivity index (χ4v) is 4.01. The molecule has 0 fully saturated rings. The van der Waals surface area contributed by atoms with E-state index < -0.39 is 5.97 Å². The van der Waals surface area contributed by atoms with Gasteiger partial charge in [0.25, 0.3) is 0 Å². The van der Waals surface area contributed by atoms with E-state index >= 15 is 0 Å². The number of rotatable bonds is 6. The predicted octanol–water partition coefficient (Wildman–Crippen LogP) is 7.29. The van der Waals surface area contributed by atoms with Crippen LogP contribution in [0.15, 0.2) is 74.3 Å². The molecule has 0 aliphatic carbocycles. The molecule has 1 aromatic heterocycles. The summed E-state index contributed by atoms with van der Waals surface area (Å²) in [5.74, 6) is -0.425. The van der Waals surface area contributed by atoms with Gasteiger partial charge in [-0.2, -0.15) is 0 Å². The Labute approximate surface area is 208 Å². The normalized spacial score (nSPS) is 10.9. The van der Waals surface area contributed by atoms with Crippen molar-refractivity contribution in [2.45, 2.75) is 13.5 Å². The Morgan fingerprint density at radius 2 is 1.79 bits per heavy atom. The van der Waals surface area contributed by atoms with Crippen molar-refractivity contribution >= 4 is 56.1 Å². The number of ether oxygens (including phenoxy) is 2. The van der Waals surface area contributed by atoms with Gasteiger partial charge < -0.3 is 13.9 Å². The van der Waals surface area contributed by atoms with Crippen LogP contribution in [0.1, 0.15) is 23.0 Å². The summed E-state index contributed by atoms with van der Waals surface area (Å²) in [5, 5.41) is 1.33. The molecule has 4 aromatic rings. The Morgan fingerprint density at radius 1 is 1.03 bits per heavy atom. The second kappa shape index (κ2) is 10.00. The standard InChI is InChI=1S/C25H17BrCl2O5/c1-2-31-25(30)24-22(14-3-6-16(26)7-4-14)23(29)19-10-9-18(12-21(19)33-24)32-13-15-5-8-17(27)11-20(15)28/h3-12H,2,13H2,1H3. The summed E-state index contributed by atoms with van der Waals surface area (Å²) < 4.78 is 17.7. The van der Waals surface area contributed by atoms with Crippen LogP contribution in [0, 0.1) is 0 Å². The first-order valence-electron chi connectivity index (χ1n) is 9.98. The van der Waals surface area contributed by atoms with Crippen LogP contribution in [0.5, 0.6) is 5.75 Å². The summed E-state index contributed by atoms with van der Waals surface area (Å²) in [5.41, 5.74) is 1.32. The lowest BCUT2D eigenvalue weighted by Gasteiger charge is -2.12. The van der Waals surface area contributed by atoms with Crippen LogP contribution in [0.2, 0.25) is 10.0 Å². The lowest BCUT2D eigenvalue weighted by molar-refractivity contribution is 0.0492. The van der Waals surface area contributed by atoms with Crippen molar-refractivity contribution in [3.05, 3.63) is 96.7 Å². The summed E-state index contributed by atoms with van der Waals surface area (Å²) >= 11 is 15.5. The van der Waals surface area contributed by atoms with E-state index in [4.69, 9.17) is 37.1 Å². The first-order chi connectivity index (χ1) is 15.9. The lowest BCUT2D eigenvalue weighted by Crippen LogP contribution is -2.15. The number of esters is 1. The minimum absolute atomic E-state index is 0.144. The highest BCUT2D eigenvalue weighted by Gasteiger charge is 2.23. The van der Waals surface area contributed by atoms with Gasteiger partial charge in [0, 0.05) is 26.1 Å². The average Bonchev–Trinajstić information content (AvgIpc) is 2.79. The maximum absolute atomic E-state index is 13.4. The Kier molecular flexibility index (Phi) is 7.08. The molecule has 0 radical (unpaired) electrons. The fourth-order valence-electron chi connectivity index (χ4n) is 3.28. The highest BCUT2D eigenvalue weighted by Crippen LogP contribution is 2.29. The smallest absolute Gasteiger partial charge is 0.375 e. The number of fused-ring (bicyclic) bond motifs is 1. The topological polar surface area (TPSA) is 65.7 Å². The van der Waals surface area contributed by atoms with E-state index in [0.717, 1.165) is 10.0 Å². The fraction of sp³-hybridized carbons (Fsp3) is 0.120. The zero-order chi connectivity index (χ0) is 23.5. The Morgan fingerprint density at radius 3 is 2.48 bits per heavy atom. The van der Waals surface area contributed by atoms with Crippen molar-refractivity contribution in [3.63, 3.8) is 0 Å². The highest BCUT2D eigenvalue weighted by molar-refractivity contribution is 9.10. The van der Waals surface area contributed by atoms with E-state index in [-0.39, 0.29) is 35.5 Å². The zero-order valence-electron chi connectivity index (χ0n) is 17.4. The van der Waals surface area contributed by atoms with Crippen LogP contribution in [-0.4, -0.2) is 12.6 Å². The number of hydrogen-bond acceptors (Lipinski definition) is 5. The molecule has 0 N–H and O–H groups in total. The number of benzene rings is 3. The molecule has 0 saturated heterocycles. The summed E-state index contributed by atoms with van der Waals surface area (Å²) in [6, 6.07) is 17.0. The zero-order valence-corrected chi connectivity index (χ0v) is 20.5. The largest absolute Gasteiger partial charge is 0.489 e. The van der Waals surface area contributed by atoms with Crippen molar-refractivity contribution in [1.82, 2.24) is 0 Å². The third-order valence-corrected chi connectivity index (χ3v) is 5.98. The van der Waals surface area contributed by atoms with Crippen LogP contribution in [0.25, 0.3) is 22.1 Å². The van der Waals surface area contributed by atoms with Gasteiger partial charge in [-0.15, -0.1) is 0 Å². The third kappa shape index (κ3) is 5.08. The van der Waals surface area contributed by atoms with Gasteiger partial charge in [-0.25, -0.2) is 4.79 Å². The summed E-state index contributed by atoms with van der Waals surface area (Å²) in [4.78, 5) is 26.0. The van der Waals surface area contributed by atoms with E-state index in [9.17, 15) is 9.59 Å². The molecule has 0 saturated carbocycles. The van der Waals surface area contributed by atoms with E-state index in [1.165, 1.54) is 0 Å². The van der Waals surface area contributed by atoms with Crippen molar-refractivity contribution in [2.75, 3.05) is 6.61 Å². The summed E-state index contributed by atoms with van der Waals surface area (Å²) in [6.07, 6.45) is 0. The molecule has 8 heteroatoms. The Balaban J connectivity index is 1.76. The Bertz CT molecular complexity index is 1400. The lowest BCUT2D eigenvalue weighted by atomic mass is 10.0. The van der Waals surface area contributed by atoms with Crippen molar-refractivity contribution < 1.29 is 18.7 Å². The second-order valence-corrected chi connectivity index (χ2v) is 8.80. The van der Waals surface area contributed by atoms with E-state index in [1.54, 1.807) is 67.6 Å². The van der Waals surface area contributed by atoms with Gasteiger partial charge >= 0.3 is 5.97 Å². The molecule has 0 atom stereocenters. The maximum atomic E-state index is 13.4. The molecule has 1 heterocycles. The molecule has 33 heavy (non-hydrogen) atoms. The van der Waals surface area contributed by atoms with E-state index in [0.29, 0.717) is 26.7 Å². The monoisotopic (exact) mass is 546 g/mol. The van der Waals surface area contributed by atoms with Gasteiger partial charge in [0.05, 0.1) is 17.6 Å². The molecule has 5 nitrogen and oxygen atoms in total. The van der Waals surface area contributed by atoms with Crippen LogP contribution in [-0.2, 0) is 11.3 Å². The summed E-state index contributed by atoms with van der Waals surface area (Å²) in [7, 11) is 0. The number of carbonyl (C=O) groups excluding carboxylic acids is 1. The van der Waals surface area contributed by atoms with Gasteiger partial charge in [0.15, 0.2) is 0 Å². The molecule has 0 bridgehead atoms. The molecule has 4 rings (SSSR count). The molecular formula is C25H17BrCl2O5. The van der Waals surface area contributed by atoms with Crippen LogP contribution in [0.4, 0.5) is 0 Å².